The van der Waals surface area contributed by atoms with Crippen LogP contribution in [0.3, 0.4) is 0 Å². The second-order valence-electron chi connectivity index (χ2n) is 9.42. The number of thioether (sulfide) groups is 1. The molecule has 2 amide bonds. The van der Waals surface area contributed by atoms with E-state index < -0.39 is 0 Å². The van der Waals surface area contributed by atoms with Gasteiger partial charge in [0.15, 0.2) is 6.61 Å². The zero-order valence-electron chi connectivity index (χ0n) is 20.0. The van der Waals surface area contributed by atoms with Gasteiger partial charge in [-0.05, 0) is 45.9 Å². The number of hydrogen-bond acceptors (Lipinski definition) is 7. The molecule has 35 heavy (non-hydrogen) atoms. The number of nitrogens with one attached hydrogen (secondary N) is 1. The zero-order chi connectivity index (χ0) is 25.3. The summed E-state index contributed by atoms with van der Waals surface area (Å²) in [5.74, 6) is -0.153. The molecule has 2 aliphatic rings. The first-order valence-electron chi connectivity index (χ1n) is 11.1. The van der Waals surface area contributed by atoms with Gasteiger partial charge in [-0.1, -0.05) is 69.0 Å². The third-order valence-corrected chi connectivity index (χ3v) is 6.73. The van der Waals surface area contributed by atoms with Gasteiger partial charge in [0.25, 0.3) is 11.8 Å². The van der Waals surface area contributed by atoms with Crippen molar-refractivity contribution in [2.24, 2.45) is 0 Å². The summed E-state index contributed by atoms with van der Waals surface area (Å²) >= 11 is 6.27. The van der Waals surface area contributed by atoms with Gasteiger partial charge in [-0.3, -0.25) is 14.4 Å². The van der Waals surface area contributed by atoms with E-state index >= 15 is 0 Å². The number of fused-ring (bicyclic) bond motifs is 1. The summed E-state index contributed by atoms with van der Waals surface area (Å²) in [6.07, 6.45) is 1.74. The normalized spacial score (nSPS) is 16.7. The molecule has 1 saturated heterocycles. The molecular weight excluding hydrogens is 484 g/mol. The van der Waals surface area contributed by atoms with E-state index in [-0.39, 0.29) is 36.4 Å². The Hall–Kier alpha value is -3.17. The fourth-order valence-electron chi connectivity index (χ4n) is 3.79. The maximum atomic E-state index is 12.9. The Labute approximate surface area is 213 Å². The Balaban J connectivity index is 1.68. The van der Waals surface area contributed by atoms with Gasteiger partial charge < -0.3 is 19.7 Å². The van der Waals surface area contributed by atoms with Gasteiger partial charge in [-0.15, -0.1) is 0 Å². The van der Waals surface area contributed by atoms with Crippen molar-refractivity contribution in [1.29, 1.82) is 0 Å². The molecule has 0 spiro atoms. The summed E-state index contributed by atoms with van der Waals surface area (Å²) < 4.78 is 11.3. The van der Waals surface area contributed by atoms with Crippen molar-refractivity contribution in [3.63, 3.8) is 0 Å². The smallest absolute Gasteiger partial charge is 0.302 e. The van der Waals surface area contributed by atoms with Crippen LogP contribution >= 0.6 is 24.0 Å². The predicted octanol–water partition coefficient (Wildman–Crippen LogP) is 4.46. The van der Waals surface area contributed by atoms with E-state index in [0.717, 1.165) is 22.3 Å². The zero-order valence-corrected chi connectivity index (χ0v) is 21.6. The van der Waals surface area contributed by atoms with E-state index in [1.54, 1.807) is 17.0 Å². The van der Waals surface area contributed by atoms with Crippen molar-refractivity contribution in [3.8, 4) is 5.75 Å². The van der Waals surface area contributed by atoms with Crippen molar-refractivity contribution < 1.29 is 23.9 Å². The summed E-state index contributed by atoms with van der Waals surface area (Å²) in [6.45, 7) is 8.15. The number of nitrogens with zero attached hydrogens (tertiary/aromatic N) is 1. The van der Waals surface area contributed by atoms with Gasteiger partial charge in [-0.25, -0.2) is 0 Å². The molecule has 182 valence electrons. The van der Waals surface area contributed by atoms with Gasteiger partial charge >= 0.3 is 5.97 Å². The molecule has 9 heteroatoms. The third-order valence-electron chi connectivity index (χ3n) is 5.57. The maximum absolute atomic E-state index is 12.9. The Morgan fingerprint density at radius 3 is 2.60 bits per heavy atom. The number of esters is 1. The summed E-state index contributed by atoms with van der Waals surface area (Å²) in [6, 6.07) is 11.5. The number of carbonyl (C=O) groups excluding carboxylic acids is 3. The molecule has 0 aromatic heterocycles. The number of carbonyl (C=O) groups is 3. The first-order valence-corrected chi connectivity index (χ1v) is 12.3. The highest BCUT2D eigenvalue weighted by Gasteiger charge is 2.27. The summed E-state index contributed by atoms with van der Waals surface area (Å²) in [7, 11) is 0. The van der Waals surface area contributed by atoms with Crippen LogP contribution in [0.25, 0.3) is 6.08 Å². The molecule has 0 aliphatic carbocycles. The maximum Gasteiger partial charge on any atom is 0.302 e. The van der Waals surface area contributed by atoms with Crippen molar-refractivity contribution >= 4 is 57.8 Å². The second kappa shape index (κ2) is 9.83. The molecule has 0 unspecified atom stereocenters. The molecule has 2 aliphatic heterocycles. The average Bonchev–Trinajstić information content (AvgIpc) is 3.10. The number of benzene rings is 2. The van der Waals surface area contributed by atoms with Crippen LogP contribution in [0.4, 0.5) is 5.69 Å². The molecule has 1 N–H and O–H groups in total. The van der Waals surface area contributed by atoms with E-state index in [2.05, 4.69) is 32.2 Å². The van der Waals surface area contributed by atoms with Crippen LogP contribution < -0.4 is 15.0 Å². The van der Waals surface area contributed by atoms with Crippen molar-refractivity contribution in [3.05, 3.63) is 63.6 Å². The minimum absolute atomic E-state index is 0.0563. The molecule has 7 nitrogen and oxygen atoms in total. The first-order chi connectivity index (χ1) is 16.5. The molecule has 0 radical (unpaired) electrons. The lowest BCUT2D eigenvalue weighted by atomic mass is 9.85. The molecule has 4 rings (SSSR count). The average molecular weight is 511 g/mol. The molecule has 1 fully saturated rings. The topological polar surface area (TPSA) is 84.9 Å². The van der Waals surface area contributed by atoms with Crippen molar-refractivity contribution in [1.82, 2.24) is 5.32 Å². The molecule has 0 saturated carbocycles. The number of hydrogen-bond donors (Lipinski definition) is 1. The molecule has 2 aromatic rings. The minimum Gasteiger partial charge on any atom is -0.482 e. The van der Waals surface area contributed by atoms with E-state index in [1.165, 1.54) is 18.7 Å². The fraction of sp³-hybridized carbons (Fsp3) is 0.308. The van der Waals surface area contributed by atoms with E-state index in [0.29, 0.717) is 27.2 Å². The van der Waals surface area contributed by atoms with Crippen LogP contribution in [-0.4, -0.2) is 28.7 Å². The molecule has 2 aromatic carbocycles. The lowest BCUT2D eigenvalue weighted by molar-refractivity contribution is -0.142. The van der Waals surface area contributed by atoms with Crippen molar-refractivity contribution in [2.75, 3.05) is 11.5 Å². The number of amides is 2. The van der Waals surface area contributed by atoms with Gasteiger partial charge in [0.1, 0.15) is 16.7 Å². The number of thiocarbonyl (C=S) groups is 1. The fourth-order valence-corrected chi connectivity index (χ4v) is 4.84. The van der Waals surface area contributed by atoms with E-state index in [4.69, 9.17) is 21.7 Å². The third kappa shape index (κ3) is 5.91. The standard InChI is InChI=1S/C26H26N2O5S2/c1-15(29)32-13-18-7-17(8-19(9-18)26(2,3)4)12-28-20-10-16(5-6-21(20)33-14-23(28)30)11-22-24(31)27-25(34)35-22/h5-11H,12-14H2,1-4H3,(H,27,31,34). The number of ether oxygens (including phenoxy) is 2. The van der Waals surface area contributed by atoms with Crippen LogP contribution in [0, 0.1) is 0 Å². The summed E-state index contributed by atoms with van der Waals surface area (Å²) in [4.78, 5) is 38.5. The molecule has 0 bridgehead atoms. The number of anilines is 1. The number of rotatable bonds is 5. The molecule has 2 heterocycles. The van der Waals surface area contributed by atoms with Gasteiger partial charge in [-0.2, -0.15) is 0 Å². The predicted molar refractivity (Wildman–Crippen MR) is 140 cm³/mol. The Morgan fingerprint density at radius 2 is 1.94 bits per heavy atom. The Morgan fingerprint density at radius 1 is 1.20 bits per heavy atom. The quantitative estimate of drug-likeness (QED) is 0.361. The van der Waals surface area contributed by atoms with Crippen molar-refractivity contribution in [2.45, 2.75) is 46.3 Å². The van der Waals surface area contributed by atoms with Crippen LogP contribution in [0.1, 0.15) is 49.9 Å². The lowest BCUT2D eigenvalue weighted by Crippen LogP contribution is -2.38. The highest BCUT2D eigenvalue weighted by atomic mass is 32.2. The monoisotopic (exact) mass is 510 g/mol. The molecule has 0 atom stereocenters. The summed E-state index contributed by atoms with van der Waals surface area (Å²) in [5.41, 5.74) is 4.12. The first kappa shape index (κ1) is 24.9. The van der Waals surface area contributed by atoms with Crippen LogP contribution in [0.15, 0.2) is 41.3 Å². The van der Waals surface area contributed by atoms with E-state index in [9.17, 15) is 14.4 Å². The Bertz CT molecular complexity index is 1260. The highest BCUT2D eigenvalue weighted by molar-refractivity contribution is 8.26. The Kier molecular flexibility index (Phi) is 7.00. The minimum atomic E-state index is -0.346. The highest BCUT2D eigenvalue weighted by Crippen LogP contribution is 2.36. The molecular formula is C26H26N2O5S2. The summed E-state index contributed by atoms with van der Waals surface area (Å²) in [5, 5.41) is 2.60. The van der Waals surface area contributed by atoms with Crippen LogP contribution in [0.5, 0.6) is 5.75 Å². The SMILES string of the molecule is CC(=O)OCc1cc(CN2C(=O)COc3ccc(C=C4SC(=S)NC4=O)cc32)cc(C(C)(C)C)c1. The van der Waals surface area contributed by atoms with Gasteiger partial charge in [0.05, 0.1) is 17.1 Å². The van der Waals surface area contributed by atoms with E-state index in [1.807, 2.05) is 24.3 Å². The van der Waals surface area contributed by atoms with Gasteiger partial charge in [0, 0.05) is 6.92 Å². The lowest BCUT2D eigenvalue weighted by Gasteiger charge is -2.30. The largest absolute Gasteiger partial charge is 0.482 e. The van der Waals surface area contributed by atoms with Gasteiger partial charge in [0.2, 0.25) is 0 Å². The van der Waals surface area contributed by atoms with Crippen LogP contribution in [-0.2, 0) is 37.7 Å². The second-order valence-corrected chi connectivity index (χ2v) is 11.1. The van der Waals surface area contributed by atoms with Crippen LogP contribution in [0.2, 0.25) is 0 Å².